The van der Waals surface area contributed by atoms with E-state index in [1.807, 2.05) is 0 Å². The molecule has 0 amide bonds. The van der Waals surface area contributed by atoms with E-state index in [1.165, 1.54) is 32.1 Å². The van der Waals surface area contributed by atoms with Crippen molar-refractivity contribution in [3.63, 3.8) is 0 Å². The van der Waals surface area contributed by atoms with Crippen LogP contribution in [0.25, 0.3) is 0 Å². The first-order valence-electron chi connectivity index (χ1n) is 7.40. The quantitative estimate of drug-likeness (QED) is 0.773. The topological polar surface area (TPSA) is 32.3 Å². The summed E-state index contributed by atoms with van der Waals surface area (Å²) in [6, 6.07) is 0.683. The van der Waals surface area contributed by atoms with Crippen LogP contribution in [0, 0.1) is 23.2 Å². The van der Waals surface area contributed by atoms with Crippen LogP contribution in [-0.2, 0) is 0 Å². The summed E-state index contributed by atoms with van der Waals surface area (Å²) in [5.41, 5.74) is 0.252. The van der Waals surface area contributed by atoms with E-state index in [0.29, 0.717) is 12.6 Å². The first-order valence-corrected chi connectivity index (χ1v) is 7.40. The number of rotatable bonds is 5. The Hall–Kier alpha value is -0.0800. The first-order chi connectivity index (χ1) is 8.06. The van der Waals surface area contributed by atoms with Crippen LogP contribution in [0.1, 0.15) is 52.9 Å². The van der Waals surface area contributed by atoms with E-state index in [9.17, 15) is 5.11 Å². The largest absolute Gasteiger partial charge is 0.396 e. The van der Waals surface area contributed by atoms with Gasteiger partial charge in [-0.3, -0.25) is 0 Å². The van der Waals surface area contributed by atoms with E-state index in [0.717, 1.165) is 24.3 Å². The molecule has 0 heterocycles. The Morgan fingerprint density at radius 2 is 2.00 bits per heavy atom. The summed E-state index contributed by atoms with van der Waals surface area (Å²) < 4.78 is 0. The summed E-state index contributed by atoms with van der Waals surface area (Å²) in [6.45, 7) is 8.49. The van der Waals surface area contributed by atoms with Crippen molar-refractivity contribution in [2.45, 2.75) is 58.9 Å². The van der Waals surface area contributed by atoms with Gasteiger partial charge in [0, 0.05) is 24.6 Å². The molecule has 0 spiro atoms. The molecule has 2 nitrogen and oxygen atoms in total. The zero-order valence-corrected chi connectivity index (χ0v) is 11.7. The SMILES string of the molecule is CC1CCC(C(C)C)C(NCC2(CO)CC2)C1. The van der Waals surface area contributed by atoms with Crippen LogP contribution >= 0.6 is 0 Å². The van der Waals surface area contributed by atoms with Gasteiger partial charge in [0.2, 0.25) is 0 Å². The molecule has 2 fully saturated rings. The molecule has 17 heavy (non-hydrogen) atoms. The summed E-state index contributed by atoms with van der Waals surface area (Å²) in [4.78, 5) is 0. The third-order valence-electron chi connectivity index (χ3n) is 5.05. The molecular formula is C15H29NO. The Bertz CT molecular complexity index is 247. The summed E-state index contributed by atoms with van der Waals surface area (Å²) in [5.74, 6) is 2.48. The summed E-state index contributed by atoms with van der Waals surface area (Å²) in [7, 11) is 0. The van der Waals surface area contributed by atoms with Gasteiger partial charge >= 0.3 is 0 Å². The zero-order chi connectivity index (χ0) is 12.5. The van der Waals surface area contributed by atoms with Gasteiger partial charge in [-0.05, 0) is 43.4 Å². The molecule has 2 aliphatic carbocycles. The fourth-order valence-corrected chi connectivity index (χ4v) is 3.35. The van der Waals surface area contributed by atoms with Crippen molar-refractivity contribution in [1.29, 1.82) is 0 Å². The number of nitrogens with one attached hydrogen (secondary N) is 1. The summed E-state index contributed by atoms with van der Waals surface area (Å²) in [6.07, 6.45) is 6.52. The van der Waals surface area contributed by atoms with Crippen molar-refractivity contribution in [3.8, 4) is 0 Å². The van der Waals surface area contributed by atoms with Crippen molar-refractivity contribution in [3.05, 3.63) is 0 Å². The van der Waals surface area contributed by atoms with Crippen LogP contribution in [0.4, 0.5) is 0 Å². The normalized spacial score (nSPS) is 36.2. The maximum absolute atomic E-state index is 9.37. The third-order valence-corrected chi connectivity index (χ3v) is 5.05. The highest BCUT2D eigenvalue weighted by molar-refractivity contribution is 4.96. The Morgan fingerprint density at radius 3 is 2.53 bits per heavy atom. The van der Waals surface area contributed by atoms with Gasteiger partial charge in [-0.25, -0.2) is 0 Å². The van der Waals surface area contributed by atoms with E-state index >= 15 is 0 Å². The average molecular weight is 239 g/mol. The maximum atomic E-state index is 9.37. The zero-order valence-electron chi connectivity index (χ0n) is 11.7. The lowest BCUT2D eigenvalue weighted by molar-refractivity contribution is 0.148. The lowest BCUT2D eigenvalue weighted by atomic mass is 9.74. The molecule has 2 aliphatic rings. The van der Waals surface area contributed by atoms with Crippen molar-refractivity contribution < 1.29 is 5.11 Å². The second-order valence-corrected chi connectivity index (χ2v) is 6.97. The van der Waals surface area contributed by atoms with E-state index < -0.39 is 0 Å². The van der Waals surface area contributed by atoms with Gasteiger partial charge in [-0.15, -0.1) is 0 Å². The molecule has 2 N–H and O–H groups in total. The van der Waals surface area contributed by atoms with Crippen molar-refractivity contribution >= 4 is 0 Å². The van der Waals surface area contributed by atoms with Crippen LogP contribution < -0.4 is 5.32 Å². The predicted molar refractivity (Wildman–Crippen MR) is 71.9 cm³/mol. The molecule has 0 bridgehead atoms. The fourth-order valence-electron chi connectivity index (χ4n) is 3.35. The molecule has 2 saturated carbocycles. The number of hydrogen-bond acceptors (Lipinski definition) is 2. The maximum Gasteiger partial charge on any atom is 0.0499 e. The van der Waals surface area contributed by atoms with Gasteiger partial charge < -0.3 is 10.4 Å². The minimum absolute atomic E-state index is 0.252. The van der Waals surface area contributed by atoms with Crippen LogP contribution in [-0.4, -0.2) is 24.3 Å². The second kappa shape index (κ2) is 5.27. The Balaban J connectivity index is 1.86. The highest BCUT2D eigenvalue weighted by Gasteiger charge is 2.42. The van der Waals surface area contributed by atoms with Crippen molar-refractivity contribution in [1.82, 2.24) is 5.32 Å². The minimum Gasteiger partial charge on any atom is -0.396 e. The molecule has 0 aliphatic heterocycles. The summed E-state index contributed by atoms with van der Waals surface area (Å²) >= 11 is 0. The molecular weight excluding hydrogens is 210 g/mol. The third kappa shape index (κ3) is 3.23. The monoisotopic (exact) mass is 239 g/mol. The van der Waals surface area contributed by atoms with E-state index in [1.54, 1.807) is 0 Å². The molecule has 3 unspecified atom stereocenters. The van der Waals surface area contributed by atoms with Crippen LogP contribution in [0.2, 0.25) is 0 Å². The van der Waals surface area contributed by atoms with Crippen LogP contribution in [0.15, 0.2) is 0 Å². The lowest BCUT2D eigenvalue weighted by Gasteiger charge is -2.38. The first kappa shape index (κ1) is 13.4. The molecule has 100 valence electrons. The van der Waals surface area contributed by atoms with Gasteiger partial charge in [0.15, 0.2) is 0 Å². The Morgan fingerprint density at radius 1 is 1.29 bits per heavy atom. The molecule has 0 saturated heterocycles. The average Bonchev–Trinajstić information content (AvgIpc) is 3.07. The van der Waals surface area contributed by atoms with Gasteiger partial charge in [-0.1, -0.05) is 27.2 Å². The predicted octanol–water partition coefficient (Wildman–Crippen LogP) is 2.81. The molecule has 0 aromatic carbocycles. The van der Waals surface area contributed by atoms with Gasteiger partial charge in [0.25, 0.3) is 0 Å². The number of aliphatic hydroxyl groups is 1. The van der Waals surface area contributed by atoms with Crippen LogP contribution in [0.5, 0.6) is 0 Å². The smallest absolute Gasteiger partial charge is 0.0499 e. The molecule has 0 aromatic heterocycles. The fraction of sp³-hybridized carbons (Fsp3) is 1.00. The number of hydrogen-bond donors (Lipinski definition) is 2. The number of aliphatic hydroxyl groups excluding tert-OH is 1. The second-order valence-electron chi connectivity index (χ2n) is 6.97. The molecule has 0 radical (unpaired) electrons. The van der Waals surface area contributed by atoms with Gasteiger partial charge in [0.05, 0.1) is 0 Å². The highest BCUT2D eigenvalue weighted by atomic mass is 16.3. The Kier molecular flexibility index (Phi) is 4.14. The van der Waals surface area contributed by atoms with Crippen molar-refractivity contribution in [2.75, 3.05) is 13.2 Å². The van der Waals surface area contributed by atoms with Crippen molar-refractivity contribution in [2.24, 2.45) is 23.2 Å². The molecule has 3 atom stereocenters. The standard InChI is InChI=1S/C15H29NO/c1-11(2)13-5-4-12(3)8-14(13)16-9-15(10-17)6-7-15/h11-14,16-17H,4-10H2,1-3H3. The highest BCUT2D eigenvalue weighted by Crippen LogP contribution is 2.45. The molecule has 0 aromatic rings. The van der Waals surface area contributed by atoms with Crippen LogP contribution in [0.3, 0.4) is 0 Å². The van der Waals surface area contributed by atoms with E-state index in [4.69, 9.17) is 0 Å². The summed E-state index contributed by atoms with van der Waals surface area (Å²) in [5, 5.41) is 13.2. The molecule has 2 heteroatoms. The molecule has 2 rings (SSSR count). The minimum atomic E-state index is 0.252. The van der Waals surface area contributed by atoms with E-state index in [-0.39, 0.29) is 5.41 Å². The Labute approximate surface area is 106 Å². The van der Waals surface area contributed by atoms with Gasteiger partial charge in [-0.2, -0.15) is 0 Å². The van der Waals surface area contributed by atoms with E-state index in [2.05, 4.69) is 26.1 Å². The lowest BCUT2D eigenvalue weighted by Crippen LogP contribution is -2.45. The van der Waals surface area contributed by atoms with Gasteiger partial charge in [0.1, 0.15) is 0 Å².